The average molecular weight is 365 g/mol. The van der Waals surface area contributed by atoms with Gasteiger partial charge in [0.05, 0.1) is 25.3 Å². The van der Waals surface area contributed by atoms with Gasteiger partial charge in [0, 0.05) is 9.77 Å². The summed E-state index contributed by atoms with van der Waals surface area (Å²) in [6.45, 7) is 3.73. The van der Waals surface area contributed by atoms with Crippen LogP contribution in [0.2, 0.25) is 0 Å². The third-order valence-corrected chi connectivity index (χ3v) is 5.50. The van der Waals surface area contributed by atoms with E-state index in [1.165, 1.54) is 25.6 Å². The first-order chi connectivity index (χ1) is 11.4. The number of esters is 1. The molecule has 0 radical (unpaired) electrons. The Morgan fingerprint density at radius 1 is 1.21 bits per heavy atom. The third-order valence-electron chi connectivity index (χ3n) is 3.66. The van der Waals surface area contributed by atoms with Crippen LogP contribution in [0.1, 0.15) is 31.2 Å². The monoisotopic (exact) mass is 365 g/mol. The molecule has 1 aromatic heterocycles. The van der Waals surface area contributed by atoms with Gasteiger partial charge in [-0.1, -0.05) is 0 Å². The maximum Gasteiger partial charge on any atom is 0.341 e. The highest BCUT2D eigenvalue weighted by atomic mass is 32.2. The Balaban J connectivity index is 2.37. The van der Waals surface area contributed by atoms with E-state index < -0.39 is 5.97 Å². The van der Waals surface area contributed by atoms with Gasteiger partial charge in [-0.05, 0) is 43.9 Å². The zero-order valence-electron chi connectivity index (χ0n) is 14.2. The van der Waals surface area contributed by atoms with Gasteiger partial charge in [0.25, 0.3) is 5.91 Å². The second kappa shape index (κ2) is 7.72. The summed E-state index contributed by atoms with van der Waals surface area (Å²) in [7, 11) is 2.85. The lowest BCUT2D eigenvalue weighted by atomic mass is 10.1. The van der Waals surface area contributed by atoms with Gasteiger partial charge in [-0.25, -0.2) is 4.79 Å². The van der Waals surface area contributed by atoms with Crippen LogP contribution in [0.15, 0.2) is 23.1 Å². The average Bonchev–Trinajstić information content (AvgIpc) is 2.87. The van der Waals surface area contributed by atoms with E-state index in [0.717, 1.165) is 15.3 Å². The molecule has 0 spiro atoms. The van der Waals surface area contributed by atoms with Gasteiger partial charge in [-0.2, -0.15) is 0 Å². The third kappa shape index (κ3) is 3.57. The smallest absolute Gasteiger partial charge is 0.341 e. The summed E-state index contributed by atoms with van der Waals surface area (Å²) in [6, 6.07) is 5.38. The fourth-order valence-electron chi connectivity index (χ4n) is 2.22. The van der Waals surface area contributed by atoms with Crippen molar-refractivity contribution in [2.45, 2.75) is 18.7 Å². The summed E-state index contributed by atoms with van der Waals surface area (Å²) in [4.78, 5) is 26.6. The molecule has 0 aliphatic heterocycles. The minimum absolute atomic E-state index is 0.328. The molecule has 2 aromatic rings. The van der Waals surface area contributed by atoms with Crippen LogP contribution in [0, 0.1) is 13.8 Å². The van der Waals surface area contributed by atoms with Crippen LogP contribution in [0.3, 0.4) is 0 Å². The summed E-state index contributed by atoms with van der Waals surface area (Å²) in [5.74, 6) is -0.299. The van der Waals surface area contributed by atoms with Crippen LogP contribution in [-0.4, -0.2) is 32.4 Å². The van der Waals surface area contributed by atoms with Crippen molar-refractivity contribution in [1.82, 2.24) is 0 Å². The lowest BCUT2D eigenvalue weighted by Crippen LogP contribution is -2.15. The first-order valence-electron chi connectivity index (χ1n) is 7.14. The highest BCUT2D eigenvalue weighted by molar-refractivity contribution is 7.98. The molecule has 24 heavy (non-hydrogen) atoms. The molecule has 1 aromatic carbocycles. The topological polar surface area (TPSA) is 64.6 Å². The minimum atomic E-state index is -0.461. The molecule has 0 bridgehead atoms. The molecule has 1 N–H and O–H groups in total. The zero-order chi connectivity index (χ0) is 17.9. The van der Waals surface area contributed by atoms with E-state index in [0.29, 0.717) is 21.9 Å². The van der Waals surface area contributed by atoms with Crippen molar-refractivity contribution in [1.29, 1.82) is 0 Å². The minimum Gasteiger partial charge on any atom is -0.496 e. The Kier molecular flexibility index (Phi) is 5.90. The molecular weight excluding hydrogens is 346 g/mol. The normalized spacial score (nSPS) is 10.4. The quantitative estimate of drug-likeness (QED) is 0.637. The molecule has 128 valence electrons. The van der Waals surface area contributed by atoms with E-state index in [4.69, 9.17) is 9.47 Å². The Morgan fingerprint density at radius 2 is 1.92 bits per heavy atom. The number of carbonyl (C=O) groups is 2. The van der Waals surface area contributed by atoms with Gasteiger partial charge >= 0.3 is 5.97 Å². The van der Waals surface area contributed by atoms with Gasteiger partial charge in [0.15, 0.2) is 0 Å². The van der Waals surface area contributed by atoms with Gasteiger partial charge in [0.1, 0.15) is 10.8 Å². The van der Waals surface area contributed by atoms with Crippen LogP contribution >= 0.6 is 23.1 Å². The number of rotatable bonds is 5. The number of benzene rings is 1. The second-order valence-corrected chi connectivity index (χ2v) is 7.10. The van der Waals surface area contributed by atoms with E-state index in [2.05, 4.69) is 5.32 Å². The maximum atomic E-state index is 12.6. The van der Waals surface area contributed by atoms with E-state index in [1.54, 1.807) is 17.8 Å². The maximum absolute atomic E-state index is 12.6. The number of carbonyl (C=O) groups excluding carboxylic acids is 2. The summed E-state index contributed by atoms with van der Waals surface area (Å²) < 4.78 is 10.1. The number of ether oxygens (including phenoxy) is 2. The van der Waals surface area contributed by atoms with Crippen LogP contribution in [0.4, 0.5) is 5.00 Å². The van der Waals surface area contributed by atoms with E-state index in [-0.39, 0.29) is 5.91 Å². The molecule has 0 unspecified atom stereocenters. The Bertz CT molecular complexity index is 783. The van der Waals surface area contributed by atoms with E-state index in [1.807, 2.05) is 32.2 Å². The molecule has 1 heterocycles. The molecule has 5 nitrogen and oxygen atoms in total. The van der Waals surface area contributed by atoms with Gasteiger partial charge in [-0.15, -0.1) is 23.1 Å². The molecule has 0 atom stereocenters. The van der Waals surface area contributed by atoms with Crippen LogP contribution in [-0.2, 0) is 4.74 Å². The van der Waals surface area contributed by atoms with Crippen molar-refractivity contribution in [3.05, 3.63) is 39.8 Å². The number of hydrogen-bond acceptors (Lipinski definition) is 6. The molecule has 0 aliphatic rings. The van der Waals surface area contributed by atoms with E-state index in [9.17, 15) is 9.59 Å². The van der Waals surface area contributed by atoms with Crippen molar-refractivity contribution >= 4 is 40.0 Å². The van der Waals surface area contributed by atoms with Crippen LogP contribution in [0.25, 0.3) is 0 Å². The molecule has 0 saturated carbocycles. The van der Waals surface area contributed by atoms with Gasteiger partial charge in [0.2, 0.25) is 0 Å². The number of thioether (sulfide) groups is 1. The number of methoxy groups -OCH3 is 2. The van der Waals surface area contributed by atoms with Crippen LogP contribution < -0.4 is 10.1 Å². The van der Waals surface area contributed by atoms with Crippen LogP contribution in [0.5, 0.6) is 5.75 Å². The summed E-state index contributed by atoms with van der Waals surface area (Å²) >= 11 is 2.92. The number of anilines is 1. The largest absolute Gasteiger partial charge is 0.496 e. The fraction of sp³-hybridized carbons (Fsp3) is 0.294. The molecule has 1 amide bonds. The van der Waals surface area contributed by atoms with Crippen molar-refractivity contribution < 1.29 is 19.1 Å². The number of thiophene rings is 1. The predicted octanol–water partition coefficient (Wildman–Crippen LogP) is 4.13. The standard InChI is InChI=1S/C17H19NO4S2/c1-9-10(2)24-16(14(9)17(20)22-4)18-15(19)12-7-6-11(23-5)8-13(12)21-3/h6-8H,1-5H3,(H,18,19). The number of nitrogens with one attached hydrogen (secondary N) is 1. The molecule has 0 saturated heterocycles. The predicted molar refractivity (Wildman–Crippen MR) is 97.9 cm³/mol. The number of hydrogen-bond donors (Lipinski definition) is 1. The lowest BCUT2D eigenvalue weighted by Gasteiger charge is -2.10. The van der Waals surface area contributed by atoms with E-state index >= 15 is 0 Å². The second-order valence-electron chi connectivity index (χ2n) is 5.00. The SMILES string of the molecule is COC(=O)c1c(NC(=O)c2ccc(SC)cc2OC)sc(C)c1C. The number of amides is 1. The molecule has 0 fully saturated rings. The lowest BCUT2D eigenvalue weighted by molar-refractivity contribution is 0.0601. The van der Waals surface area contributed by atoms with Gasteiger partial charge < -0.3 is 14.8 Å². The highest BCUT2D eigenvalue weighted by Gasteiger charge is 2.23. The van der Waals surface area contributed by atoms with Crippen molar-refractivity contribution in [2.75, 3.05) is 25.8 Å². The first kappa shape index (κ1) is 18.4. The zero-order valence-corrected chi connectivity index (χ0v) is 15.8. The molecular formula is C17H19NO4S2. The summed E-state index contributed by atoms with van der Waals surface area (Å²) in [5, 5.41) is 3.29. The summed E-state index contributed by atoms with van der Waals surface area (Å²) in [5.41, 5.74) is 1.62. The molecule has 7 heteroatoms. The molecule has 0 aliphatic carbocycles. The summed E-state index contributed by atoms with van der Waals surface area (Å²) in [6.07, 6.45) is 1.95. The first-order valence-corrected chi connectivity index (χ1v) is 9.18. The van der Waals surface area contributed by atoms with Crippen molar-refractivity contribution in [3.8, 4) is 5.75 Å². The Hall–Kier alpha value is -1.99. The van der Waals surface area contributed by atoms with Crippen molar-refractivity contribution in [2.24, 2.45) is 0 Å². The Morgan fingerprint density at radius 3 is 2.50 bits per heavy atom. The van der Waals surface area contributed by atoms with Crippen molar-refractivity contribution in [3.63, 3.8) is 0 Å². The Labute approximate surface area is 149 Å². The number of aryl methyl sites for hydroxylation is 1. The molecule has 2 rings (SSSR count). The highest BCUT2D eigenvalue weighted by Crippen LogP contribution is 2.34. The fourth-order valence-corrected chi connectivity index (χ4v) is 3.69. The van der Waals surface area contributed by atoms with Gasteiger partial charge in [-0.3, -0.25) is 4.79 Å².